The van der Waals surface area contributed by atoms with Gasteiger partial charge in [-0.15, -0.1) is 0 Å². The van der Waals surface area contributed by atoms with Crippen molar-refractivity contribution in [1.29, 1.82) is 0 Å². The molecule has 0 N–H and O–H groups in total. The molecule has 0 amide bonds. The number of ether oxygens (including phenoxy) is 2. The van der Waals surface area contributed by atoms with Crippen molar-refractivity contribution in [3.05, 3.63) is 18.2 Å². The van der Waals surface area contributed by atoms with Crippen LogP contribution in [0.15, 0.2) is 23.1 Å². The van der Waals surface area contributed by atoms with Crippen molar-refractivity contribution in [1.82, 2.24) is 4.31 Å². The van der Waals surface area contributed by atoms with Crippen molar-refractivity contribution in [2.24, 2.45) is 0 Å². The first kappa shape index (κ1) is 15.1. The summed E-state index contributed by atoms with van der Waals surface area (Å²) in [6.45, 7) is 1.17. The van der Waals surface area contributed by atoms with Crippen LogP contribution in [0.25, 0.3) is 0 Å². The first-order valence-electron chi connectivity index (χ1n) is 6.81. The number of hydrogen-bond donors (Lipinski definition) is 0. The Kier molecular flexibility index (Phi) is 4.88. The van der Waals surface area contributed by atoms with E-state index >= 15 is 0 Å². The smallest absolute Gasteiger partial charge is 0.243 e. The van der Waals surface area contributed by atoms with Crippen LogP contribution >= 0.6 is 0 Å². The summed E-state index contributed by atoms with van der Waals surface area (Å²) in [6.07, 6.45) is 4.02. The second kappa shape index (κ2) is 6.45. The molecule has 0 atom stereocenters. The van der Waals surface area contributed by atoms with E-state index in [-0.39, 0.29) is 4.90 Å². The second-order valence-corrected chi connectivity index (χ2v) is 6.80. The summed E-state index contributed by atoms with van der Waals surface area (Å²) in [5, 5.41) is 0. The third-order valence-electron chi connectivity index (χ3n) is 3.53. The maximum absolute atomic E-state index is 12.7. The Bertz CT molecular complexity index is 526. The average Bonchev–Trinajstić information content (AvgIpc) is 2.76. The number of rotatable bonds is 4. The zero-order valence-corrected chi connectivity index (χ0v) is 12.8. The lowest BCUT2D eigenvalue weighted by atomic mass is 10.2. The monoisotopic (exact) mass is 299 g/mol. The number of hydrogen-bond acceptors (Lipinski definition) is 4. The summed E-state index contributed by atoms with van der Waals surface area (Å²) in [5.74, 6) is 0.968. The third-order valence-corrected chi connectivity index (χ3v) is 5.40. The van der Waals surface area contributed by atoms with E-state index in [9.17, 15) is 8.42 Å². The van der Waals surface area contributed by atoms with E-state index in [4.69, 9.17) is 9.47 Å². The summed E-state index contributed by atoms with van der Waals surface area (Å²) in [4.78, 5) is 0.232. The van der Waals surface area contributed by atoms with E-state index in [1.165, 1.54) is 14.2 Å². The lowest BCUT2D eigenvalue weighted by molar-refractivity contribution is 0.389. The van der Waals surface area contributed by atoms with Gasteiger partial charge in [0.05, 0.1) is 19.1 Å². The molecule has 1 saturated heterocycles. The van der Waals surface area contributed by atoms with E-state index in [1.807, 2.05) is 0 Å². The van der Waals surface area contributed by atoms with Gasteiger partial charge in [0.1, 0.15) is 11.5 Å². The minimum Gasteiger partial charge on any atom is -0.497 e. The fourth-order valence-corrected chi connectivity index (χ4v) is 3.93. The maximum atomic E-state index is 12.7. The van der Waals surface area contributed by atoms with Gasteiger partial charge in [-0.05, 0) is 12.8 Å². The molecule has 0 aliphatic carbocycles. The Morgan fingerprint density at radius 2 is 1.40 bits per heavy atom. The van der Waals surface area contributed by atoms with E-state index in [0.717, 1.165) is 25.7 Å². The number of methoxy groups -OCH3 is 2. The van der Waals surface area contributed by atoms with Crippen LogP contribution in [-0.4, -0.2) is 40.0 Å². The minimum absolute atomic E-state index is 0.232. The molecule has 112 valence electrons. The second-order valence-electron chi connectivity index (χ2n) is 4.87. The van der Waals surface area contributed by atoms with Crippen LogP contribution < -0.4 is 9.47 Å². The highest BCUT2D eigenvalue weighted by molar-refractivity contribution is 7.89. The zero-order chi connectivity index (χ0) is 14.6. The van der Waals surface area contributed by atoms with Crippen LogP contribution in [0.4, 0.5) is 0 Å². The summed E-state index contributed by atoms with van der Waals surface area (Å²) >= 11 is 0. The van der Waals surface area contributed by atoms with Gasteiger partial charge in [0, 0.05) is 31.3 Å². The molecule has 0 radical (unpaired) electrons. The van der Waals surface area contributed by atoms with Crippen LogP contribution in [0.3, 0.4) is 0 Å². The molecule has 1 fully saturated rings. The van der Waals surface area contributed by atoms with Gasteiger partial charge in [0.15, 0.2) is 0 Å². The molecular formula is C14H21NO4S. The van der Waals surface area contributed by atoms with Crippen LogP contribution in [0.5, 0.6) is 11.5 Å². The van der Waals surface area contributed by atoms with Crippen molar-refractivity contribution >= 4 is 10.0 Å². The Labute approximate surface area is 120 Å². The highest BCUT2D eigenvalue weighted by atomic mass is 32.2. The van der Waals surface area contributed by atoms with Crippen LogP contribution in [0, 0.1) is 0 Å². The van der Waals surface area contributed by atoms with E-state index in [0.29, 0.717) is 24.6 Å². The van der Waals surface area contributed by atoms with Crippen molar-refractivity contribution < 1.29 is 17.9 Å². The molecule has 0 spiro atoms. The highest BCUT2D eigenvalue weighted by Gasteiger charge is 2.26. The molecule has 6 heteroatoms. The van der Waals surface area contributed by atoms with Gasteiger partial charge in [-0.1, -0.05) is 12.8 Å². The number of nitrogens with zero attached hydrogens (tertiary/aromatic N) is 1. The molecule has 0 bridgehead atoms. The van der Waals surface area contributed by atoms with Gasteiger partial charge in [-0.3, -0.25) is 0 Å². The SMILES string of the molecule is COc1cc(OC)cc(S(=O)(=O)N2CCCCCC2)c1. The molecule has 1 aromatic carbocycles. The predicted octanol–water partition coefficient (Wildman–Crippen LogP) is 2.27. The number of sulfonamides is 1. The lowest BCUT2D eigenvalue weighted by Gasteiger charge is -2.20. The molecule has 20 heavy (non-hydrogen) atoms. The standard InChI is InChI=1S/C14H21NO4S/c1-18-12-9-13(19-2)11-14(10-12)20(16,17)15-7-5-3-4-6-8-15/h9-11H,3-8H2,1-2H3. The summed E-state index contributed by atoms with van der Waals surface area (Å²) in [7, 11) is -0.455. The zero-order valence-electron chi connectivity index (χ0n) is 12.0. The van der Waals surface area contributed by atoms with Crippen LogP contribution in [0.1, 0.15) is 25.7 Å². The third kappa shape index (κ3) is 3.24. The minimum atomic E-state index is -3.48. The Morgan fingerprint density at radius 3 is 1.85 bits per heavy atom. The first-order chi connectivity index (χ1) is 9.57. The topological polar surface area (TPSA) is 55.8 Å². The average molecular weight is 299 g/mol. The molecule has 0 unspecified atom stereocenters. The van der Waals surface area contributed by atoms with Crippen molar-refractivity contribution in [2.45, 2.75) is 30.6 Å². The van der Waals surface area contributed by atoms with Crippen molar-refractivity contribution in [3.8, 4) is 11.5 Å². The fourth-order valence-electron chi connectivity index (χ4n) is 2.36. The Balaban J connectivity index is 2.37. The van der Waals surface area contributed by atoms with Gasteiger partial charge >= 0.3 is 0 Å². The molecule has 1 aromatic rings. The number of benzene rings is 1. The highest BCUT2D eigenvalue weighted by Crippen LogP contribution is 2.28. The molecule has 1 heterocycles. The fraction of sp³-hybridized carbons (Fsp3) is 0.571. The largest absolute Gasteiger partial charge is 0.497 e. The Hall–Kier alpha value is -1.27. The quantitative estimate of drug-likeness (QED) is 0.856. The molecule has 5 nitrogen and oxygen atoms in total. The van der Waals surface area contributed by atoms with Gasteiger partial charge in [0.2, 0.25) is 10.0 Å². The molecule has 2 rings (SSSR count). The van der Waals surface area contributed by atoms with Gasteiger partial charge in [0.25, 0.3) is 0 Å². The van der Waals surface area contributed by atoms with Crippen molar-refractivity contribution in [3.63, 3.8) is 0 Å². The first-order valence-corrected chi connectivity index (χ1v) is 8.25. The van der Waals surface area contributed by atoms with E-state index in [2.05, 4.69) is 0 Å². The van der Waals surface area contributed by atoms with E-state index in [1.54, 1.807) is 22.5 Å². The normalized spacial score (nSPS) is 17.5. The van der Waals surface area contributed by atoms with Crippen molar-refractivity contribution in [2.75, 3.05) is 27.3 Å². The maximum Gasteiger partial charge on any atom is 0.243 e. The molecule has 0 saturated carbocycles. The summed E-state index contributed by atoms with van der Waals surface area (Å²) in [5.41, 5.74) is 0. The van der Waals surface area contributed by atoms with Crippen LogP contribution in [0.2, 0.25) is 0 Å². The lowest BCUT2D eigenvalue weighted by Crippen LogP contribution is -2.31. The van der Waals surface area contributed by atoms with Gasteiger partial charge in [-0.2, -0.15) is 4.31 Å². The molecule has 0 aromatic heterocycles. The molecular weight excluding hydrogens is 278 g/mol. The van der Waals surface area contributed by atoms with Gasteiger partial charge < -0.3 is 9.47 Å². The predicted molar refractivity (Wildman–Crippen MR) is 76.8 cm³/mol. The van der Waals surface area contributed by atoms with Crippen LogP contribution in [-0.2, 0) is 10.0 Å². The van der Waals surface area contributed by atoms with Gasteiger partial charge in [-0.25, -0.2) is 8.42 Å². The molecule has 1 aliphatic rings. The summed E-state index contributed by atoms with van der Waals surface area (Å²) < 4.78 is 37.2. The molecule has 1 aliphatic heterocycles. The summed E-state index contributed by atoms with van der Waals surface area (Å²) in [6, 6.07) is 4.76. The van der Waals surface area contributed by atoms with E-state index < -0.39 is 10.0 Å². The Morgan fingerprint density at radius 1 is 0.900 bits per heavy atom.